The van der Waals surface area contributed by atoms with Crippen LogP contribution < -0.4 is 0 Å². The van der Waals surface area contributed by atoms with E-state index in [0.717, 1.165) is 31.7 Å². The van der Waals surface area contributed by atoms with Crippen molar-refractivity contribution in [3.63, 3.8) is 0 Å². The smallest absolute Gasteiger partial charge is 0.0982 e. The summed E-state index contributed by atoms with van der Waals surface area (Å²) in [5.74, 6) is 0. The lowest BCUT2D eigenvalue weighted by Gasteiger charge is -2.25. The van der Waals surface area contributed by atoms with Crippen molar-refractivity contribution in [1.29, 1.82) is 0 Å². The van der Waals surface area contributed by atoms with Gasteiger partial charge in [0.05, 0.1) is 16.8 Å². The summed E-state index contributed by atoms with van der Waals surface area (Å²) in [5, 5.41) is 13.3. The van der Waals surface area contributed by atoms with Crippen molar-refractivity contribution in [3.8, 4) is 0 Å². The van der Waals surface area contributed by atoms with Gasteiger partial charge in [-0.05, 0) is 20.5 Å². The predicted octanol–water partition coefficient (Wildman–Crippen LogP) is 1.94. The number of nitrogens with zero attached hydrogens (tertiary/aromatic N) is 3. The van der Waals surface area contributed by atoms with Gasteiger partial charge in [0.1, 0.15) is 0 Å². The molecule has 0 bridgehead atoms. The van der Waals surface area contributed by atoms with Crippen molar-refractivity contribution in [2.75, 3.05) is 27.2 Å². The molecular formula is C15H27N3OS. The number of likely N-dealkylation sites (N-methyl/N-ethyl adjacent to an activating group) is 1. The Bertz CT molecular complexity index is 439. The van der Waals surface area contributed by atoms with Crippen LogP contribution in [0.15, 0.2) is 5.38 Å². The lowest BCUT2D eigenvalue weighted by molar-refractivity contribution is 0.168. The zero-order valence-electron chi connectivity index (χ0n) is 13.3. The minimum absolute atomic E-state index is 0.122. The highest BCUT2D eigenvalue weighted by Crippen LogP contribution is 2.27. The molecule has 1 aromatic rings. The van der Waals surface area contributed by atoms with Crippen molar-refractivity contribution < 1.29 is 5.11 Å². The fourth-order valence-corrected chi connectivity index (χ4v) is 3.59. The minimum atomic E-state index is -0.194. The number of aliphatic hydroxyl groups is 1. The standard InChI is InChI=1S/C15H27N3OS/c1-15(2,3)14-16-11(10-20-14)7-18-9-13(19)6-12(18)8-17(4)5/h10,12-13,19H,6-9H2,1-5H3. The number of β-amino-alcohol motifs (C(OH)–C–C–N with tert-alkyl or cyclic N) is 1. The summed E-state index contributed by atoms with van der Waals surface area (Å²) < 4.78 is 0. The van der Waals surface area contributed by atoms with Gasteiger partial charge in [0.25, 0.3) is 0 Å². The Balaban J connectivity index is 2.02. The molecule has 0 spiro atoms. The maximum absolute atomic E-state index is 9.92. The first-order valence-corrected chi connectivity index (χ1v) is 8.15. The number of rotatable bonds is 4. The third-order valence-electron chi connectivity index (χ3n) is 3.64. The molecule has 20 heavy (non-hydrogen) atoms. The second-order valence-corrected chi connectivity index (χ2v) is 7.99. The average Bonchev–Trinajstić information content (AvgIpc) is 2.85. The molecule has 1 aromatic heterocycles. The highest BCUT2D eigenvalue weighted by atomic mass is 32.1. The summed E-state index contributed by atoms with van der Waals surface area (Å²) in [6, 6.07) is 0.430. The van der Waals surface area contributed by atoms with Crippen molar-refractivity contribution >= 4 is 11.3 Å². The molecular weight excluding hydrogens is 270 g/mol. The molecule has 1 N–H and O–H groups in total. The van der Waals surface area contributed by atoms with E-state index in [4.69, 9.17) is 4.98 Å². The molecule has 1 aliphatic rings. The van der Waals surface area contributed by atoms with Gasteiger partial charge < -0.3 is 10.0 Å². The van der Waals surface area contributed by atoms with Gasteiger partial charge in [-0.25, -0.2) is 4.98 Å². The molecule has 114 valence electrons. The Morgan fingerprint density at radius 2 is 2.15 bits per heavy atom. The van der Waals surface area contributed by atoms with Crippen LogP contribution in [0.25, 0.3) is 0 Å². The monoisotopic (exact) mass is 297 g/mol. The Morgan fingerprint density at radius 3 is 2.70 bits per heavy atom. The van der Waals surface area contributed by atoms with Crippen LogP contribution in [-0.2, 0) is 12.0 Å². The predicted molar refractivity (Wildman–Crippen MR) is 84.2 cm³/mol. The molecule has 0 aliphatic carbocycles. The molecule has 0 radical (unpaired) electrons. The van der Waals surface area contributed by atoms with Gasteiger partial charge in [-0.2, -0.15) is 0 Å². The average molecular weight is 297 g/mol. The van der Waals surface area contributed by atoms with E-state index in [2.05, 4.69) is 50.0 Å². The maximum Gasteiger partial charge on any atom is 0.0982 e. The van der Waals surface area contributed by atoms with Gasteiger partial charge >= 0.3 is 0 Å². The number of aliphatic hydroxyl groups excluding tert-OH is 1. The SMILES string of the molecule is CN(C)CC1CC(O)CN1Cc1csc(C(C)(C)C)n1. The molecule has 1 fully saturated rings. The quantitative estimate of drug-likeness (QED) is 0.922. The molecule has 4 nitrogen and oxygen atoms in total. The summed E-state index contributed by atoms with van der Waals surface area (Å²) in [5.41, 5.74) is 1.26. The van der Waals surface area contributed by atoms with Crippen LogP contribution in [-0.4, -0.2) is 59.2 Å². The molecule has 2 heterocycles. The Kier molecular flexibility index (Phi) is 4.84. The normalized spacial score (nSPS) is 24.8. The summed E-state index contributed by atoms with van der Waals surface area (Å²) in [7, 11) is 4.17. The van der Waals surface area contributed by atoms with Gasteiger partial charge in [-0.1, -0.05) is 20.8 Å². The fraction of sp³-hybridized carbons (Fsp3) is 0.800. The molecule has 5 heteroatoms. The van der Waals surface area contributed by atoms with E-state index in [1.165, 1.54) is 5.01 Å². The first-order valence-electron chi connectivity index (χ1n) is 7.27. The first kappa shape index (κ1) is 15.9. The van der Waals surface area contributed by atoms with Crippen LogP contribution in [0.5, 0.6) is 0 Å². The van der Waals surface area contributed by atoms with Crippen LogP contribution >= 0.6 is 11.3 Å². The van der Waals surface area contributed by atoms with E-state index >= 15 is 0 Å². The molecule has 0 amide bonds. The highest BCUT2D eigenvalue weighted by Gasteiger charge is 2.31. The Morgan fingerprint density at radius 1 is 1.45 bits per heavy atom. The van der Waals surface area contributed by atoms with E-state index in [0.29, 0.717) is 6.04 Å². The second-order valence-electron chi connectivity index (χ2n) is 7.13. The van der Waals surface area contributed by atoms with Gasteiger partial charge in [-0.3, -0.25) is 4.90 Å². The lowest BCUT2D eigenvalue weighted by Crippen LogP contribution is -2.37. The zero-order chi connectivity index (χ0) is 14.9. The van der Waals surface area contributed by atoms with E-state index in [1.54, 1.807) is 11.3 Å². The molecule has 2 unspecified atom stereocenters. The summed E-state index contributed by atoms with van der Waals surface area (Å²) in [6.45, 7) is 9.20. The van der Waals surface area contributed by atoms with Gasteiger partial charge in [-0.15, -0.1) is 11.3 Å². The fourth-order valence-electron chi connectivity index (χ4n) is 2.69. The third-order valence-corrected chi connectivity index (χ3v) is 4.96. The van der Waals surface area contributed by atoms with Gasteiger partial charge in [0.2, 0.25) is 0 Å². The highest BCUT2D eigenvalue weighted by molar-refractivity contribution is 7.09. The number of hydrogen-bond donors (Lipinski definition) is 1. The number of aromatic nitrogens is 1. The number of hydrogen-bond acceptors (Lipinski definition) is 5. The van der Waals surface area contributed by atoms with E-state index in [1.807, 2.05) is 0 Å². The topological polar surface area (TPSA) is 39.6 Å². The lowest BCUT2D eigenvalue weighted by atomic mass is 9.98. The second kappa shape index (κ2) is 6.10. The van der Waals surface area contributed by atoms with Crippen molar-refractivity contribution in [2.24, 2.45) is 0 Å². The number of likely N-dealkylation sites (tertiary alicyclic amines) is 1. The van der Waals surface area contributed by atoms with Crippen molar-refractivity contribution in [3.05, 3.63) is 16.1 Å². The molecule has 1 saturated heterocycles. The van der Waals surface area contributed by atoms with Crippen LogP contribution in [0.2, 0.25) is 0 Å². The Hall–Kier alpha value is -0.490. The first-order chi connectivity index (χ1) is 9.25. The maximum atomic E-state index is 9.92. The van der Waals surface area contributed by atoms with E-state index < -0.39 is 0 Å². The minimum Gasteiger partial charge on any atom is -0.392 e. The summed E-state index contributed by atoms with van der Waals surface area (Å²) in [6.07, 6.45) is 0.676. The Labute approximate surface area is 126 Å². The van der Waals surface area contributed by atoms with Gasteiger partial charge in [0.15, 0.2) is 0 Å². The van der Waals surface area contributed by atoms with Crippen LogP contribution in [0, 0.1) is 0 Å². The van der Waals surface area contributed by atoms with E-state index in [-0.39, 0.29) is 11.5 Å². The molecule has 1 aliphatic heterocycles. The van der Waals surface area contributed by atoms with Crippen LogP contribution in [0.1, 0.15) is 37.9 Å². The van der Waals surface area contributed by atoms with Gasteiger partial charge in [0, 0.05) is 36.5 Å². The van der Waals surface area contributed by atoms with Crippen molar-refractivity contribution in [1.82, 2.24) is 14.8 Å². The van der Waals surface area contributed by atoms with Crippen LogP contribution in [0.4, 0.5) is 0 Å². The third kappa shape index (κ3) is 4.01. The summed E-state index contributed by atoms with van der Waals surface area (Å²) >= 11 is 1.75. The molecule has 0 saturated carbocycles. The largest absolute Gasteiger partial charge is 0.392 e. The molecule has 2 rings (SSSR count). The number of thiazole rings is 1. The summed E-state index contributed by atoms with van der Waals surface area (Å²) in [4.78, 5) is 9.32. The molecule has 2 atom stereocenters. The zero-order valence-corrected chi connectivity index (χ0v) is 14.1. The van der Waals surface area contributed by atoms with E-state index in [9.17, 15) is 5.11 Å². The van der Waals surface area contributed by atoms with Crippen molar-refractivity contribution in [2.45, 2.75) is 51.3 Å². The molecule has 0 aromatic carbocycles. The van der Waals surface area contributed by atoms with Crippen LogP contribution in [0.3, 0.4) is 0 Å².